The maximum Gasteiger partial charge on any atom is 0.245 e. The van der Waals surface area contributed by atoms with Crippen LogP contribution < -0.4 is 5.32 Å². The zero-order chi connectivity index (χ0) is 19.6. The van der Waals surface area contributed by atoms with E-state index in [4.69, 9.17) is 0 Å². The van der Waals surface area contributed by atoms with Gasteiger partial charge in [0.1, 0.15) is 4.90 Å². The van der Waals surface area contributed by atoms with Crippen molar-refractivity contribution in [1.29, 1.82) is 0 Å². The van der Waals surface area contributed by atoms with Gasteiger partial charge in [0.15, 0.2) is 0 Å². The Bertz CT molecular complexity index is 925. The van der Waals surface area contributed by atoms with E-state index in [-0.39, 0.29) is 29.4 Å². The van der Waals surface area contributed by atoms with Gasteiger partial charge in [0.2, 0.25) is 15.9 Å². The van der Waals surface area contributed by atoms with Gasteiger partial charge >= 0.3 is 0 Å². The predicted molar refractivity (Wildman–Crippen MR) is 104 cm³/mol. The SMILES string of the molecule is Cc1ccc([C@@H](C)NC(=O)CN(C2CC2)S(=O)(=O)c2cccnc2)cc1C. The van der Waals surface area contributed by atoms with E-state index in [0.29, 0.717) is 0 Å². The van der Waals surface area contributed by atoms with Gasteiger partial charge in [0.05, 0.1) is 12.6 Å². The van der Waals surface area contributed by atoms with E-state index in [1.165, 1.54) is 28.3 Å². The minimum Gasteiger partial charge on any atom is -0.348 e. The molecule has 1 atom stereocenters. The van der Waals surface area contributed by atoms with Crippen LogP contribution in [-0.2, 0) is 14.8 Å². The van der Waals surface area contributed by atoms with Gasteiger partial charge in [0.25, 0.3) is 0 Å². The summed E-state index contributed by atoms with van der Waals surface area (Å²) in [6, 6.07) is 8.84. The van der Waals surface area contributed by atoms with Crippen LogP contribution in [0.5, 0.6) is 0 Å². The largest absolute Gasteiger partial charge is 0.348 e. The molecule has 6 nitrogen and oxygen atoms in total. The number of pyridine rings is 1. The van der Waals surface area contributed by atoms with Crippen LogP contribution in [0.2, 0.25) is 0 Å². The van der Waals surface area contributed by atoms with E-state index in [1.807, 2.05) is 39.0 Å². The summed E-state index contributed by atoms with van der Waals surface area (Å²) >= 11 is 0. The van der Waals surface area contributed by atoms with Crippen molar-refractivity contribution in [3.63, 3.8) is 0 Å². The molecule has 0 unspecified atom stereocenters. The summed E-state index contributed by atoms with van der Waals surface area (Å²) in [5, 5.41) is 2.92. The van der Waals surface area contributed by atoms with Crippen molar-refractivity contribution in [3.8, 4) is 0 Å². The monoisotopic (exact) mass is 387 g/mol. The fourth-order valence-electron chi connectivity index (χ4n) is 2.95. The number of nitrogens with zero attached hydrogens (tertiary/aromatic N) is 2. The molecule has 1 fully saturated rings. The summed E-state index contributed by atoms with van der Waals surface area (Å²) in [6.07, 6.45) is 4.40. The minimum absolute atomic E-state index is 0.113. The molecule has 7 heteroatoms. The highest BCUT2D eigenvalue weighted by molar-refractivity contribution is 7.89. The smallest absolute Gasteiger partial charge is 0.245 e. The molecule has 1 aliphatic carbocycles. The van der Waals surface area contributed by atoms with Gasteiger partial charge in [-0.2, -0.15) is 4.31 Å². The normalized spacial score (nSPS) is 15.6. The number of rotatable bonds is 7. The molecule has 1 saturated carbocycles. The van der Waals surface area contributed by atoms with Crippen molar-refractivity contribution < 1.29 is 13.2 Å². The van der Waals surface area contributed by atoms with E-state index < -0.39 is 10.0 Å². The van der Waals surface area contributed by atoms with Crippen LogP contribution in [0.25, 0.3) is 0 Å². The van der Waals surface area contributed by atoms with Crippen molar-refractivity contribution in [3.05, 3.63) is 59.4 Å². The van der Waals surface area contributed by atoms with Crippen LogP contribution in [0, 0.1) is 13.8 Å². The van der Waals surface area contributed by atoms with E-state index in [0.717, 1.165) is 24.0 Å². The summed E-state index contributed by atoms with van der Waals surface area (Å²) in [7, 11) is -3.74. The second-order valence-corrected chi connectivity index (χ2v) is 8.99. The van der Waals surface area contributed by atoms with E-state index >= 15 is 0 Å². The van der Waals surface area contributed by atoms with E-state index in [2.05, 4.69) is 10.3 Å². The number of nitrogens with one attached hydrogen (secondary N) is 1. The summed E-state index contributed by atoms with van der Waals surface area (Å²) in [6.45, 7) is 5.79. The molecule has 1 N–H and O–H groups in total. The first kappa shape index (κ1) is 19.5. The van der Waals surface area contributed by atoms with Crippen LogP contribution in [0.4, 0.5) is 0 Å². The average molecular weight is 388 g/mol. The Morgan fingerprint density at radius 2 is 2.00 bits per heavy atom. The molecule has 2 aromatic rings. The van der Waals surface area contributed by atoms with Crippen molar-refractivity contribution in [2.24, 2.45) is 0 Å². The van der Waals surface area contributed by atoms with Gasteiger partial charge in [0, 0.05) is 18.4 Å². The molecule has 1 amide bonds. The Morgan fingerprint density at radius 3 is 2.59 bits per heavy atom. The summed E-state index contributed by atoms with van der Waals surface area (Å²) in [5.41, 5.74) is 3.35. The van der Waals surface area contributed by atoms with Gasteiger partial charge in [-0.3, -0.25) is 9.78 Å². The molecule has 144 valence electrons. The first-order valence-electron chi connectivity index (χ1n) is 9.07. The predicted octanol–water partition coefficient (Wildman–Crippen LogP) is 2.73. The third-order valence-electron chi connectivity index (χ3n) is 4.90. The van der Waals surface area contributed by atoms with Gasteiger partial charge in [-0.05, 0) is 62.4 Å². The number of sulfonamides is 1. The average Bonchev–Trinajstić information content (AvgIpc) is 3.47. The van der Waals surface area contributed by atoms with E-state index in [9.17, 15) is 13.2 Å². The van der Waals surface area contributed by atoms with Gasteiger partial charge in [-0.25, -0.2) is 8.42 Å². The lowest BCUT2D eigenvalue weighted by atomic mass is 10.0. The molecule has 0 saturated heterocycles. The van der Waals surface area contributed by atoms with E-state index in [1.54, 1.807) is 6.07 Å². The number of hydrogen-bond donors (Lipinski definition) is 1. The number of carbonyl (C=O) groups is 1. The highest BCUT2D eigenvalue weighted by Gasteiger charge is 2.39. The standard InChI is InChI=1S/C20H25N3O3S/c1-14-6-7-17(11-15(14)2)16(3)22-20(24)13-23(18-8-9-18)27(25,26)19-5-4-10-21-12-19/h4-7,10-12,16,18H,8-9,13H2,1-3H3,(H,22,24)/t16-/m1/s1. The van der Waals surface area contributed by atoms with Crippen molar-refractivity contribution >= 4 is 15.9 Å². The molecular formula is C20H25N3O3S. The van der Waals surface area contributed by atoms with Gasteiger partial charge < -0.3 is 5.32 Å². The molecule has 27 heavy (non-hydrogen) atoms. The first-order chi connectivity index (χ1) is 12.8. The number of aryl methyl sites for hydroxylation is 2. The molecule has 0 radical (unpaired) electrons. The van der Waals surface area contributed by atoms with Crippen molar-refractivity contribution in [1.82, 2.24) is 14.6 Å². The lowest BCUT2D eigenvalue weighted by Crippen LogP contribution is -2.42. The minimum atomic E-state index is -3.74. The second kappa shape index (κ2) is 7.78. The van der Waals surface area contributed by atoms with Crippen LogP contribution in [0.3, 0.4) is 0 Å². The molecule has 3 rings (SSSR count). The summed E-state index contributed by atoms with van der Waals surface area (Å²) in [5.74, 6) is -0.305. The molecule has 1 heterocycles. The number of carbonyl (C=O) groups excluding carboxylic acids is 1. The third kappa shape index (κ3) is 4.54. The molecule has 0 aliphatic heterocycles. The van der Waals surface area contributed by atoms with Crippen LogP contribution in [0.15, 0.2) is 47.6 Å². The maximum absolute atomic E-state index is 12.9. The molecule has 1 aliphatic rings. The van der Waals surface area contributed by atoms with Crippen LogP contribution in [0.1, 0.15) is 42.5 Å². The van der Waals surface area contributed by atoms with Crippen molar-refractivity contribution in [2.75, 3.05) is 6.54 Å². The Balaban J connectivity index is 1.71. The Morgan fingerprint density at radius 1 is 1.26 bits per heavy atom. The zero-order valence-electron chi connectivity index (χ0n) is 15.8. The zero-order valence-corrected chi connectivity index (χ0v) is 16.7. The molecule has 1 aromatic carbocycles. The second-order valence-electron chi connectivity index (χ2n) is 7.10. The fourth-order valence-corrected chi connectivity index (χ4v) is 4.56. The summed E-state index contributed by atoms with van der Waals surface area (Å²) < 4.78 is 27.1. The Kier molecular flexibility index (Phi) is 5.62. The molecule has 1 aromatic heterocycles. The quantitative estimate of drug-likeness (QED) is 0.792. The topological polar surface area (TPSA) is 79.4 Å². The third-order valence-corrected chi connectivity index (χ3v) is 6.78. The first-order valence-corrected chi connectivity index (χ1v) is 10.5. The Labute approximate surface area is 160 Å². The van der Waals surface area contributed by atoms with Crippen LogP contribution >= 0.6 is 0 Å². The lowest BCUT2D eigenvalue weighted by Gasteiger charge is -2.23. The lowest BCUT2D eigenvalue weighted by molar-refractivity contribution is -0.122. The number of amides is 1. The molecule has 0 spiro atoms. The number of aromatic nitrogens is 1. The molecule has 0 bridgehead atoms. The van der Waals surface area contributed by atoms with Crippen LogP contribution in [-0.4, -0.2) is 36.2 Å². The Hall–Kier alpha value is -2.25. The highest BCUT2D eigenvalue weighted by Crippen LogP contribution is 2.31. The highest BCUT2D eigenvalue weighted by atomic mass is 32.2. The van der Waals surface area contributed by atoms with Crippen molar-refractivity contribution in [2.45, 2.75) is 50.6 Å². The molecular weight excluding hydrogens is 362 g/mol. The van der Waals surface area contributed by atoms with Gasteiger partial charge in [-0.15, -0.1) is 0 Å². The summed E-state index contributed by atoms with van der Waals surface area (Å²) in [4.78, 5) is 16.6. The number of hydrogen-bond acceptors (Lipinski definition) is 4. The number of benzene rings is 1. The fraction of sp³-hybridized carbons (Fsp3) is 0.400. The van der Waals surface area contributed by atoms with Gasteiger partial charge in [-0.1, -0.05) is 18.2 Å². The maximum atomic E-state index is 12.9.